The van der Waals surface area contributed by atoms with E-state index in [1.165, 1.54) is 4.57 Å². The SMILES string of the molecule is COCCCn1c(=S)[nH]c2cc(C(=O)NCc3cc(Cl)c4c(c3)OCCCO4)ccc2c1=O. The monoisotopic (exact) mass is 489 g/mol. The Morgan fingerprint density at radius 2 is 2.09 bits per heavy atom. The predicted molar refractivity (Wildman–Crippen MR) is 128 cm³/mol. The Bertz CT molecular complexity index is 1300. The van der Waals surface area contributed by atoms with Crippen LogP contribution in [0.3, 0.4) is 0 Å². The van der Waals surface area contributed by atoms with Gasteiger partial charge >= 0.3 is 0 Å². The van der Waals surface area contributed by atoms with Crippen molar-refractivity contribution < 1.29 is 19.0 Å². The molecule has 4 rings (SSSR count). The van der Waals surface area contributed by atoms with Crippen molar-refractivity contribution in [2.24, 2.45) is 0 Å². The molecule has 10 heteroatoms. The lowest BCUT2D eigenvalue weighted by Crippen LogP contribution is -2.24. The molecule has 1 amide bonds. The van der Waals surface area contributed by atoms with Gasteiger partial charge in [-0.2, -0.15) is 0 Å². The lowest BCUT2D eigenvalue weighted by molar-refractivity contribution is 0.0951. The third kappa shape index (κ3) is 5.21. The number of aromatic amines is 1. The van der Waals surface area contributed by atoms with E-state index in [4.69, 9.17) is 38.0 Å². The number of carbonyl (C=O) groups is 1. The van der Waals surface area contributed by atoms with Gasteiger partial charge in [0.2, 0.25) is 0 Å². The summed E-state index contributed by atoms with van der Waals surface area (Å²) in [5.74, 6) is 0.815. The van der Waals surface area contributed by atoms with Crippen LogP contribution in [0.5, 0.6) is 11.5 Å². The summed E-state index contributed by atoms with van der Waals surface area (Å²) >= 11 is 11.7. The van der Waals surface area contributed by atoms with Crippen LogP contribution >= 0.6 is 23.8 Å². The molecule has 0 spiro atoms. The van der Waals surface area contributed by atoms with E-state index in [0.717, 1.165) is 12.0 Å². The lowest BCUT2D eigenvalue weighted by Gasteiger charge is -2.12. The number of methoxy groups -OCH3 is 1. The zero-order valence-electron chi connectivity index (χ0n) is 18.1. The van der Waals surface area contributed by atoms with Gasteiger partial charge in [0.1, 0.15) is 0 Å². The minimum atomic E-state index is -0.288. The minimum Gasteiger partial charge on any atom is -0.489 e. The predicted octanol–water partition coefficient (Wildman–Crippen LogP) is 3.84. The highest BCUT2D eigenvalue weighted by Crippen LogP contribution is 2.37. The molecule has 8 nitrogen and oxygen atoms in total. The summed E-state index contributed by atoms with van der Waals surface area (Å²) in [6.07, 6.45) is 1.45. The maximum absolute atomic E-state index is 12.8. The van der Waals surface area contributed by atoms with Gasteiger partial charge in [0.25, 0.3) is 11.5 Å². The van der Waals surface area contributed by atoms with Gasteiger partial charge in [-0.3, -0.25) is 14.2 Å². The number of fused-ring (bicyclic) bond motifs is 2. The third-order valence-corrected chi connectivity index (χ3v) is 5.89. The van der Waals surface area contributed by atoms with Crippen LogP contribution in [0, 0.1) is 4.77 Å². The van der Waals surface area contributed by atoms with E-state index >= 15 is 0 Å². The summed E-state index contributed by atoms with van der Waals surface area (Å²) in [6.45, 7) is 2.34. The maximum atomic E-state index is 12.8. The van der Waals surface area contributed by atoms with Crippen molar-refractivity contribution in [3.63, 3.8) is 0 Å². The number of nitrogens with zero attached hydrogens (tertiary/aromatic N) is 1. The summed E-state index contributed by atoms with van der Waals surface area (Å²) in [4.78, 5) is 28.6. The van der Waals surface area contributed by atoms with Gasteiger partial charge in [-0.05, 0) is 54.5 Å². The smallest absolute Gasteiger partial charge is 0.262 e. The number of halogens is 1. The number of ether oxygens (including phenoxy) is 3. The highest BCUT2D eigenvalue weighted by atomic mass is 35.5. The first kappa shape index (κ1) is 23.3. The molecular formula is C23H24ClN3O5S. The van der Waals surface area contributed by atoms with Crippen LogP contribution in [-0.2, 0) is 17.8 Å². The third-order valence-electron chi connectivity index (χ3n) is 5.29. The van der Waals surface area contributed by atoms with Crippen LogP contribution < -0.4 is 20.3 Å². The zero-order chi connectivity index (χ0) is 23.4. The molecule has 0 radical (unpaired) electrons. The normalized spacial score (nSPS) is 13.0. The highest BCUT2D eigenvalue weighted by molar-refractivity contribution is 7.71. The molecule has 1 aliphatic heterocycles. The summed E-state index contributed by atoms with van der Waals surface area (Å²) in [6, 6.07) is 8.45. The molecule has 0 bridgehead atoms. The summed E-state index contributed by atoms with van der Waals surface area (Å²) in [5.41, 5.74) is 1.51. The molecule has 1 aliphatic rings. The quantitative estimate of drug-likeness (QED) is 0.387. The van der Waals surface area contributed by atoms with E-state index < -0.39 is 0 Å². The van der Waals surface area contributed by atoms with Crippen molar-refractivity contribution in [3.8, 4) is 11.5 Å². The fraction of sp³-hybridized carbons (Fsp3) is 0.348. The second kappa shape index (κ2) is 10.4. The van der Waals surface area contributed by atoms with Gasteiger partial charge in [0, 0.05) is 38.8 Å². The number of hydrogen-bond donors (Lipinski definition) is 2. The van der Waals surface area contributed by atoms with Gasteiger partial charge in [0.15, 0.2) is 16.3 Å². The molecule has 0 fully saturated rings. The van der Waals surface area contributed by atoms with E-state index in [1.54, 1.807) is 31.4 Å². The molecule has 33 heavy (non-hydrogen) atoms. The van der Waals surface area contributed by atoms with Crippen molar-refractivity contribution in [1.82, 2.24) is 14.9 Å². The Labute approximate surface area is 200 Å². The fourth-order valence-corrected chi connectivity index (χ4v) is 4.21. The minimum absolute atomic E-state index is 0.196. The highest BCUT2D eigenvalue weighted by Gasteiger charge is 2.16. The van der Waals surface area contributed by atoms with Crippen LogP contribution in [-0.4, -0.2) is 42.4 Å². The summed E-state index contributed by atoms with van der Waals surface area (Å²) in [5, 5.41) is 3.78. The summed E-state index contributed by atoms with van der Waals surface area (Å²) in [7, 11) is 1.61. The molecule has 174 valence electrons. The molecule has 2 aromatic carbocycles. The number of benzene rings is 2. The molecule has 0 saturated heterocycles. The Hall–Kier alpha value is -2.88. The van der Waals surface area contributed by atoms with Crippen LogP contribution in [0.25, 0.3) is 10.9 Å². The molecule has 3 aromatic rings. The number of rotatable bonds is 7. The van der Waals surface area contributed by atoms with Gasteiger partial charge in [-0.1, -0.05) is 11.6 Å². The average molecular weight is 490 g/mol. The molecule has 0 unspecified atom stereocenters. The standard InChI is InChI=1S/C23H24ClN3O5S/c1-30-7-2-6-27-22(29)16-5-4-15(12-18(16)26-23(27)33)21(28)25-13-14-10-17(24)20-19(11-14)31-8-3-9-32-20/h4-5,10-12H,2-3,6-9,13H2,1H3,(H,25,28)(H,26,33). The second-order valence-corrected chi connectivity index (χ2v) is 8.43. The number of amides is 1. The number of nitrogens with one attached hydrogen (secondary N) is 2. The van der Waals surface area contributed by atoms with E-state index in [1.807, 2.05) is 6.07 Å². The largest absolute Gasteiger partial charge is 0.489 e. The molecular weight excluding hydrogens is 466 g/mol. The van der Waals surface area contributed by atoms with Crippen LogP contribution in [0.1, 0.15) is 28.8 Å². The lowest BCUT2D eigenvalue weighted by atomic mass is 10.1. The van der Waals surface area contributed by atoms with Crippen molar-refractivity contribution in [2.45, 2.75) is 25.9 Å². The molecule has 0 aliphatic carbocycles. The first-order valence-electron chi connectivity index (χ1n) is 10.6. The van der Waals surface area contributed by atoms with E-state index in [9.17, 15) is 9.59 Å². The Morgan fingerprint density at radius 3 is 2.91 bits per heavy atom. The van der Waals surface area contributed by atoms with Gasteiger partial charge < -0.3 is 24.5 Å². The van der Waals surface area contributed by atoms with Crippen molar-refractivity contribution in [2.75, 3.05) is 26.9 Å². The Morgan fingerprint density at radius 1 is 1.27 bits per heavy atom. The van der Waals surface area contributed by atoms with Crippen LogP contribution in [0.2, 0.25) is 5.02 Å². The number of carbonyl (C=O) groups excluding carboxylic acids is 1. The number of aromatic nitrogens is 2. The topological polar surface area (TPSA) is 94.6 Å². The summed E-state index contributed by atoms with van der Waals surface area (Å²) < 4.78 is 18.2. The molecule has 2 heterocycles. The zero-order valence-corrected chi connectivity index (χ0v) is 19.7. The van der Waals surface area contributed by atoms with Gasteiger partial charge in [0.05, 0.1) is 29.1 Å². The number of H-pyrrole nitrogens is 1. The second-order valence-electron chi connectivity index (χ2n) is 7.63. The first-order chi connectivity index (χ1) is 16.0. The molecule has 0 atom stereocenters. The van der Waals surface area contributed by atoms with Gasteiger partial charge in [-0.25, -0.2) is 0 Å². The van der Waals surface area contributed by atoms with E-state index in [-0.39, 0.29) is 18.0 Å². The van der Waals surface area contributed by atoms with E-state index in [2.05, 4.69) is 10.3 Å². The Kier molecular flexibility index (Phi) is 7.32. The molecule has 1 aromatic heterocycles. The van der Waals surface area contributed by atoms with Crippen molar-refractivity contribution in [3.05, 3.63) is 61.6 Å². The molecule has 2 N–H and O–H groups in total. The maximum Gasteiger partial charge on any atom is 0.262 e. The first-order valence-corrected chi connectivity index (χ1v) is 11.4. The van der Waals surface area contributed by atoms with Gasteiger partial charge in [-0.15, -0.1) is 0 Å². The fourth-order valence-electron chi connectivity index (χ4n) is 3.64. The number of hydrogen-bond acceptors (Lipinski definition) is 6. The van der Waals surface area contributed by atoms with E-state index in [0.29, 0.717) is 70.5 Å². The van der Waals surface area contributed by atoms with Crippen LogP contribution in [0.15, 0.2) is 35.1 Å². The van der Waals surface area contributed by atoms with Crippen molar-refractivity contribution >= 4 is 40.6 Å². The van der Waals surface area contributed by atoms with Crippen LogP contribution in [0.4, 0.5) is 0 Å². The molecule has 0 saturated carbocycles. The van der Waals surface area contributed by atoms with Crippen molar-refractivity contribution in [1.29, 1.82) is 0 Å². The Balaban J connectivity index is 1.51. The average Bonchev–Trinajstić information content (AvgIpc) is 3.05.